The van der Waals surface area contributed by atoms with E-state index in [1.165, 1.54) is 17.7 Å². The van der Waals surface area contributed by atoms with Crippen LogP contribution in [0, 0.1) is 24.6 Å². The van der Waals surface area contributed by atoms with Gasteiger partial charge in [0.2, 0.25) is 0 Å². The number of halogens is 1. The molecule has 2 aromatic heterocycles. The normalized spacial score (nSPS) is 17.9. The number of nitrogens with zero attached hydrogens (tertiary/aromatic N) is 6. The van der Waals surface area contributed by atoms with Crippen molar-refractivity contribution >= 4 is 22.8 Å². The summed E-state index contributed by atoms with van der Waals surface area (Å²) in [4.78, 5) is 38.6. The van der Waals surface area contributed by atoms with E-state index < -0.39 is 5.82 Å². The lowest BCUT2D eigenvalue weighted by Crippen LogP contribution is -2.47. The molecule has 0 spiro atoms. The largest absolute Gasteiger partial charge is 0.383 e. The lowest BCUT2D eigenvalue weighted by Gasteiger charge is -2.36. The highest BCUT2D eigenvalue weighted by Crippen LogP contribution is 2.33. The van der Waals surface area contributed by atoms with Crippen molar-refractivity contribution in [3.63, 3.8) is 0 Å². The maximum absolute atomic E-state index is 14.5. The first-order chi connectivity index (χ1) is 21.6. The molecular formula is C35H49FN6O3. The first-order valence-electron chi connectivity index (χ1n) is 16.3. The van der Waals surface area contributed by atoms with Crippen LogP contribution in [0.1, 0.15) is 54.6 Å². The van der Waals surface area contributed by atoms with Crippen molar-refractivity contribution in [2.24, 2.45) is 11.8 Å². The Kier molecular flexibility index (Phi) is 10.4. The van der Waals surface area contributed by atoms with Gasteiger partial charge in [-0.25, -0.2) is 9.18 Å². The van der Waals surface area contributed by atoms with Crippen LogP contribution in [0.4, 0.5) is 9.18 Å². The number of fused-ring (bicyclic) bond motifs is 1. The topological polar surface area (TPSA) is 74.2 Å². The molecule has 0 unspecified atom stereocenters. The fraction of sp³-hybridized carbons (Fsp3) is 0.571. The van der Waals surface area contributed by atoms with E-state index in [0.29, 0.717) is 36.2 Å². The summed E-state index contributed by atoms with van der Waals surface area (Å²) in [5.74, 6) is 0.492. The third-order valence-corrected chi connectivity index (χ3v) is 9.76. The molecule has 0 bridgehead atoms. The van der Waals surface area contributed by atoms with Crippen LogP contribution in [0.5, 0.6) is 0 Å². The van der Waals surface area contributed by atoms with Crippen molar-refractivity contribution < 1.29 is 18.7 Å². The highest BCUT2D eigenvalue weighted by Gasteiger charge is 2.30. The van der Waals surface area contributed by atoms with Crippen molar-refractivity contribution in [1.29, 1.82) is 0 Å². The first kappa shape index (κ1) is 32.9. The molecule has 9 nitrogen and oxygen atoms in total. The summed E-state index contributed by atoms with van der Waals surface area (Å²) >= 11 is 0. The second kappa shape index (κ2) is 14.3. The van der Waals surface area contributed by atoms with E-state index in [2.05, 4.69) is 23.0 Å². The molecule has 3 aromatic rings. The fourth-order valence-corrected chi connectivity index (χ4v) is 6.90. The van der Waals surface area contributed by atoms with Crippen molar-refractivity contribution in [3.8, 4) is 5.69 Å². The fourth-order valence-electron chi connectivity index (χ4n) is 6.90. The number of urea groups is 1. The number of piperidine rings is 1. The number of carbonyl (C=O) groups is 2. The van der Waals surface area contributed by atoms with E-state index in [1.807, 2.05) is 42.8 Å². The van der Waals surface area contributed by atoms with Crippen molar-refractivity contribution in [2.45, 2.75) is 52.5 Å². The number of amides is 3. The van der Waals surface area contributed by atoms with Crippen LogP contribution in [0.15, 0.2) is 36.8 Å². The highest BCUT2D eigenvalue weighted by molar-refractivity contribution is 5.99. The highest BCUT2D eigenvalue weighted by atomic mass is 19.1. The molecule has 0 aliphatic carbocycles. The monoisotopic (exact) mass is 620 g/mol. The number of pyridine rings is 1. The zero-order valence-electron chi connectivity index (χ0n) is 27.8. The number of benzene rings is 1. The summed E-state index contributed by atoms with van der Waals surface area (Å²) in [6.45, 7) is 12.0. The second-order valence-corrected chi connectivity index (χ2v) is 13.3. The van der Waals surface area contributed by atoms with E-state index in [4.69, 9.17) is 4.74 Å². The minimum atomic E-state index is -0.428. The van der Waals surface area contributed by atoms with Crippen LogP contribution in [-0.2, 0) is 11.2 Å². The van der Waals surface area contributed by atoms with Crippen molar-refractivity contribution in [3.05, 3.63) is 59.3 Å². The van der Waals surface area contributed by atoms with Crippen LogP contribution < -0.4 is 0 Å². The molecule has 10 heteroatoms. The van der Waals surface area contributed by atoms with Gasteiger partial charge in [-0.15, -0.1) is 0 Å². The van der Waals surface area contributed by atoms with Gasteiger partial charge < -0.3 is 28.9 Å². The van der Waals surface area contributed by atoms with Gasteiger partial charge in [0.1, 0.15) is 5.82 Å². The molecule has 2 saturated heterocycles. The van der Waals surface area contributed by atoms with Crippen LogP contribution in [-0.4, -0.2) is 114 Å². The Labute approximate surface area is 266 Å². The molecule has 5 rings (SSSR count). The standard InChI is InChI=1S/C35H49FN6O3/c1-24(2)39(5)34(43)30-18-29(36)7-8-31(30)42-23-28(33-25(3)19-37-20-32(33)42)17-27-9-12-40(22-27)21-26-10-13-41(14-11-26)35(44)38(4)15-16-45-6/h7-8,18-20,23-24,26-27H,9-17,21-22H2,1-6H3/t27-/m0/s1. The molecule has 3 amide bonds. The number of methoxy groups -OCH3 is 1. The minimum Gasteiger partial charge on any atom is -0.383 e. The first-order valence-corrected chi connectivity index (χ1v) is 16.3. The number of likely N-dealkylation sites (N-methyl/N-ethyl adjacent to an activating group) is 1. The summed E-state index contributed by atoms with van der Waals surface area (Å²) in [5, 5.41) is 1.16. The number of aromatic nitrogens is 2. The van der Waals surface area contributed by atoms with E-state index >= 15 is 0 Å². The van der Waals surface area contributed by atoms with Crippen LogP contribution in [0.3, 0.4) is 0 Å². The Morgan fingerprint density at radius 1 is 1.09 bits per heavy atom. The maximum atomic E-state index is 14.5. The molecule has 0 saturated carbocycles. The summed E-state index contributed by atoms with van der Waals surface area (Å²) in [6, 6.07) is 4.56. The summed E-state index contributed by atoms with van der Waals surface area (Å²) in [5.41, 5.74) is 4.28. The molecular weight excluding hydrogens is 571 g/mol. The van der Waals surface area contributed by atoms with Gasteiger partial charge in [-0.05, 0) is 94.2 Å². The Morgan fingerprint density at radius 3 is 2.53 bits per heavy atom. The molecule has 2 aliphatic rings. The Balaban J connectivity index is 1.27. The number of rotatable bonds is 10. The van der Waals surface area contributed by atoms with Crippen LogP contribution in [0.2, 0.25) is 0 Å². The van der Waals surface area contributed by atoms with Gasteiger partial charge in [0.05, 0.1) is 29.6 Å². The van der Waals surface area contributed by atoms with Gasteiger partial charge >= 0.3 is 6.03 Å². The molecule has 0 N–H and O–H groups in total. The average molecular weight is 621 g/mol. The zero-order valence-corrected chi connectivity index (χ0v) is 27.8. The number of ether oxygens (including phenoxy) is 1. The summed E-state index contributed by atoms with van der Waals surface area (Å²) < 4.78 is 21.6. The van der Waals surface area contributed by atoms with Gasteiger partial charge in [-0.2, -0.15) is 0 Å². The van der Waals surface area contributed by atoms with Crippen LogP contribution >= 0.6 is 0 Å². The van der Waals surface area contributed by atoms with E-state index in [9.17, 15) is 14.0 Å². The predicted molar refractivity (Wildman–Crippen MR) is 175 cm³/mol. The third kappa shape index (κ3) is 7.33. The summed E-state index contributed by atoms with van der Waals surface area (Å²) in [7, 11) is 5.26. The van der Waals surface area contributed by atoms with E-state index in [1.54, 1.807) is 30.0 Å². The number of hydrogen-bond donors (Lipinski definition) is 0. The number of hydrogen-bond acceptors (Lipinski definition) is 5. The average Bonchev–Trinajstić information content (AvgIpc) is 3.63. The zero-order chi connectivity index (χ0) is 32.2. The van der Waals surface area contributed by atoms with E-state index in [0.717, 1.165) is 74.9 Å². The maximum Gasteiger partial charge on any atom is 0.319 e. The van der Waals surface area contributed by atoms with E-state index in [-0.39, 0.29) is 18.0 Å². The second-order valence-electron chi connectivity index (χ2n) is 13.3. The van der Waals surface area contributed by atoms with Gasteiger partial charge in [0, 0.05) is 77.8 Å². The van der Waals surface area contributed by atoms with Crippen molar-refractivity contribution in [1.82, 2.24) is 29.2 Å². The minimum absolute atomic E-state index is 0.0114. The summed E-state index contributed by atoms with van der Waals surface area (Å²) in [6.07, 6.45) is 10.0. The SMILES string of the molecule is COCCN(C)C(=O)N1CCC(CN2CC[C@@H](Cc3cn(-c4ccc(F)cc4C(=O)N(C)C(C)C)c4cncc(C)c34)C2)CC1. The van der Waals surface area contributed by atoms with Gasteiger partial charge in [-0.1, -0.05) is 0 Å². The quantitative estimate of drug-likeness (QED) is 0.311. The number of likely N-dealkylation sites (tertiary alicyclic amines) is 2. The van der Waals surface area contributed by atoms with Crippen LogP contribution in [0.25, 0.3) is 16.6 Å². The number of carbonyl (C=O) groups excluding carboxylic acids is 2. The van der Waals surface area contributed by atoms with Gasteiger partial charge in [0.15, 0.2) is 0 Å². The predicted octanol–water partition coefficient (Wildman–Crippen LogP) is 5.23. The lowest BCUT2D eigenvalue weighted by atomic mass is 9.96. The lowest BCUT2D eigenvalue weighted by molar-refractivity contribution is 0.0754. The number of aryl methyl sites for hydroxylation is 1. The molecule has 1 aromatic carbocycles. The molecule has 45 heavy (non-hydrogen) atoms. The molecule has 0 radical (unpaired) electrons. The smallest absolute Gasteiger partial charge is 0.319 e. The Bertz CT molecular complexity index is 1500. The molecule has 1 atom stereocenters. The molecule has 2 fully saturated rings. The van der Waals surface area contributed by atoms with Crippen molar-refractivity contribution in [2.75, 3.05) is 67.1 Å². The molecule has 2 aliphatic heterocycles. The third-order valence-electron chi connectivity index (χ3n) is 9.76. The molecule has 244 valence electrons. The molecule has 4 heterocycles. The van der Waals surface area contributed by atoms with Gasteiger partial charge in [-0.3, -0.25) is 9.78 Å². The Morgan fingerprint density at radius 2 is 1.82 bits per heavy atom. The Hall–Kier alpha value is -3.50. The van der Waals surface area contributed by atoms with Gasteiger partial charge in [0.25, 0.3) is 5.91 Å².